The predicted octanol–water partition coefficient (Wildman–Crippen LogP) is 3.43. The first kappa shape index (κ1) is 9.47. The van der Waals surface area contributed by atoms with E-state index in [0.29, 0.717) is 5.92 Å². The van der Waals surface area contributed by atoms with Crippen molar-refractivity contribution in [3.8, 4) is 0 Å². The molecule has 1 aliphatic rings. The first-order chi connectivity index (χ1) is 6.74. The molecular formula is C13H16O. The molecule has 0 heterocycles. The van der Waals surface area contributed by atoms with Crippen molar-refractivity contribution < 1.29 is 4.74 Å². The molecule has 1 aromatic rings. The zero-order valence-corrected chi connectivity index (χ0v) is 8.95. The van der Waals surface area contributed by atoms with Crippen LogP contribution in [0.1, 0.15) is 31.1 Å². The maximum absolute atomic E-state index is 5.54. The summed E-state index contributed by atoms with van der Waals surface area (Å²) < 4.78 is 5.54. The lowest BCUT2D eigenvalue weighted by molar-refractivity contribution is 0.129. The van der Waals surface area contributed by atoms with Crippen molar-refractivity contribution >= 4 is 6.08 Å². The SMILES string of the molecule is COC1C(C(C)C)=Cc2ccccc21. The van der Waals surface area contributed by atoms with Crippen molar-refractivity contribution in [1.29, 1.82) is 0 Å². The molecule has 0 saturated carbocycles. The molecule has 1 heteroatoms. The lowest BCUT2D eigenvalue weighted by atomic mass is 9.98. The van der Waals surface area contributed by atoms with E-state index in [1.54, 1.807) is 7.11 Å². The van der Waals surface area contributed by atoms with E-state index in [0.717, 1.165) is 0 Å². The van der Waals surface area contributed by atoms with Crippen molar-refractivity contribution in [3.63, 3.8) is 0 Å². The van der Waals surface area contributed by atoms with Crippen molar-refractivity contribution in [3.05, 3.63) is 41.0 Å². The Bertz CT molecular complexity index is 363. The van der Waals surface area contributed by atoms with Gasteiger partial charge in [0, 0.05) is 7.11 Å². The van der Waals surface area contributed by atoms with E-state index >= 15 is 0 Å². The predicted molar refractivity (Wildman–Crippen MR) is 59.0 cm³/mol. The van der Waals surface area contributed by atoms with Gasteiger partial charge in [0.15, 0.2) is 0 Å². The Morgan fingerprint density at radius 2 is 1.93 bits per heavy atom. The number of benzene rings is 1. The summed E-state index contributed by atoms with van der Waals surface area (Å²) in [6, 6.07) is 8.44. The summed E-state index contributed by atoms with van der Waals surface area (Å²) in [5.41, 5.74) is 4.00. The molecule has 0 aliphatic heterocycles. The van der Waals surface area contributed by atoms with Crippen LogP contribution in [0.4, 0.5) is 0 Å². The average Bonchev–Trinajstić information content (AvgIpc) is 2.56. The van der Waals surface area contributed by atoms with Gasteiger partial charge in [-0.25, -0.2) is 0 Å². The van der Waals surface area contributed by atoms with Crippen molar-refractivity contribution in [1.82, 2.24) is 0 Å². The number of ether oxygens (including phenoxy) is 1. The molecule has 0 radical (unpaired) electrons. The summed E-state index contributed by atoms with van der Waals surface area (Å²) in [6.07, 6.45) is 2.43. The highest BCUT2D eigenvalue weighted by atomic mass is 16.5. The molecule has 14 heavy (non-hydrogen) atoms. The van der Waals surface area contributed by atoms with E-state index < -0.39 is 0 Å². The molecule has 0 fully saturated rings. The van der Waals surface area contributed by atoms with Crippen LogP contribution in [-0.4, -0.2) is 7.11 Å². The summed E-state index contributed by atoms with van der Waals surface area (Å²) in [7, 11) is 1.78. The normalized spacial score (nSPS) is 19.7. The van der Waals surface area contributed by atoms with Crippen LogP contribution < -0.4 is 0 Å². The largest absolute Gasteiger partial charge is 0.372 e. The van der Waals surface area contributed by atoms with Gasteiger partial charge in [0.1, 0.15) is 6.10 Å². The Balaban J connectivity index is 2.44. The van der Waals surface area contributed by atoms with Crippen molar-refractivity contribution in [2.75, 3.05) is 7.11 Å². The Kier molecular flexibility index (Phi) is 2.42. The Morgan fingerprint density at radius 3 is 2.57 bits per heavy atom. The van der Waals surface area contributed by atoms with Crippen LogP contribution >= 0.6 is 0 Å². The fourth-order valence-electron chi connectivity index (χ4n) is 2.05. The first-order valence-electron chi connectivity index (χ1n) is 5.07. The lowest BCUT2D eigenvalue weighted by Gasteiger charge is -2.17. The van der Waals surface area contributed by atoms with Gasteiger partial charge in [-0.2, -0.15) is 0 Å². The van der Waals surface area contributed by atoms with Gasteiger partial charge in [-0.1, -0.05) is 44.2 Å². The summed E-state index contributed by atoms with van der Waals surface area (Å²) in [6.45, 7) is 4.42. The highest BCUT2D eigenvalue weighted by Gasteiger charge is 2.25. The Morgan fingerprint density at radius 1 is 1.21 bits per heavy atom. The second kappa shape index (κ2) is 3.58. The number of rotatable bonds is 2. The van der Waals surface area contributed by atoms with E-state index in [1.165, 1.54) is 16.7 Å². The zero-order chi connectivity index (χ0) is 10.1. The maximum Gasteiger partial charge on any atom is 0.104 e. The topological polar surface area (TPSA) is 9.23 Å². The zero-order valence-electron chi connectivity index (χ0n) is 8.95. The van der Waals surface area contributed by atoms with Gasteiger partial charge in [0.2, 0.25) is 0 Å². The number of hydrogen-bond acceptors (Lipinski definition) is 1. The van der Waals surface area contributed by atoms with Crippen LogP contribution in [0.15, 0.2) is 29.8 Å². The highest BCUT2D eigenvalue weighted by Crippen LogP contribution is 2.39. The second-order valence-electron chi connectivity index (χ2n) is 4.04. The number of methoxy groups -OCH3 is 1. The summed E-state index contributed by atoms with van der Waals surface area (Å²) >= 11 is 0. The number of fused-ring (bicyclic) bond motifs is 1. The lowest BCUT2D eigenvalue weighted by Crippen LogP contribution is -2.05. The minimum atomic E-state index is 0.172. The minimum absolute atomic E-state index is 0.172. The standard InChI is InChI=1S/C13H16O/c1-9(2)12-8-10-6-4-5-7-11(10)13(12)14-3/h4-9,13H,1-3H3. The smallest absolute Gasteiger partial charge is 0.104 e. The molecule has 1 aromatic carbocycles. The molecule has 0 aromatic heterocycles. The molecule has 2 rings (SSSR count). The third-order valence-corrected chi connectivity index (χ3v) is 2.81. The van der Waals surface area contributed by atoms with E-state index in [-0.39, 0.29) is 6.10 Å². The van der Waals surface area contributed by atoms with Gasteiger partial charge in [0.25, 0.3) is 0 Å². The molecule has 1 aliphatic carbocycles. The molecule has 0 spiro atoms. The van der Waals surface area contributed by atoms with Crippen molar-refractivity contribution in [2.45, 2.75) is 20.0 Å². The molecule has 1 atom stereocenters. The Hall–Kier alpha value is -1.08. The third kappa shape index (κ3) is 1.38. The van der Waals surface area contributed by atoms with Gasteiger partial charge >= 0.3 is 0 Å². The summed E-state index contributed by atoms with van der Waals surface area (Å²) in [4.78, 5) is 0. The van der Waals surface area contributed by atoms with Crippen LogP contribution in [0.2, 0.25) is 0 Å². The maximum atomic E-state index is 5.54. The van der Waals surface area contributed by atoms with Crippen LogP contribution in [-0.2, 0) is 4.74 Å². The van der Waals surface area contributed by atoms with E-state index in [9.17, 15) is 0 Å². The highest BCUT2D eigenvalue weighted by molar-refractivity contribution is 5.65. The van der Waals surface area contributed by atoms with Crippen LogP contribution in [0.5, 0.6) is 0 Å². The molecule has 1 nitrogen and oxygen atoms in total. The quantitative estimate of drug-likeness (QED) is 0.691. The van der Waals surface area contributed by atoms with Crippen LogP contribution in [0.3, 0.4) is 0 Å². The van der Waals surface area contributed by atoms with Gasteiger partial charge in [-0.3, -0.25) is 0 Å². The molecule has 0 amide bonds. The second-order valence-corrected chi connectivity index (χ2v) is 4.04. The number of hydrogen-bond donors (Lipinski definition) is 0. The molecule has 0 N–H and O–H groups in total. The Labute approximate surface area is 85.4 Å². The van der Waals surface area contributed by atoms with E-state index in [4.69, 9.17) is 4.74 Å². The van der Waals surface area contributed by atoms with Crippen LogP contribution in [0.25, 0.3) is 6.08 Å². The molecule has 74 valence electrons. The third-order valence-electron chi connectivity index (χ3n) is 2.81. The van der Waals surface area contributed by atoms with Gasteiger partial charge in [-0.05, 0) is 22.6 Å². The molecular weight excluding hydrogens is 172 g/mol. The van der Waals surface area contributed by atoms with Gasteiger partial charge in [0.05, 0.1) is 0 Å². The van der Waals surface area contributed by atoms with E-state index in [2.05, 4.69) is 44.2 Å². The van der Waals surface area contributed by atoms with E-state index in [1.807, 2.05) is 0 Å². The van der Waals surface area contributed by atoms with Crippen LogP contribution in [0, 0.1) is 5.92 Å². The molecule has 0 saturated heterocycles. The summed E-state index contributed by atoms with van der Waals surface area (Å²) in [5.74, 6) is 0.548. The fraction of sp³-hybridized carbons (Fsp3) is 0.385. The molecule has 1 unspecified atom stereocenters. The van der Waals surface area contributed by atoms with Crippen molar-refractivity contribution in [2.24, 2.45) is 5.92 Å². The van der Waals surface area contributed by atoms with Gasteiger partial charge in [-0.15, -0.1) is 0 Å². The monoisotopic (exact) mass is 188 g/mol. The minimum Gasteiger partial charge on any atom is -0.372 e. The average molecular weight is 188 g/mol. The molecule has 0 bridgehead atoms. The van der Waals surface area contributed by atoms with Gasteiger partial charge < -0.3 is 4.74 Å². The first-order valence-corrected chi connectivity index (χ1v) is 5.07. The summed E-state index contributed by atoms with van der Waals surface area (Å²) in [5, 5.41) is 0. The fourth-order valence-corrected chi connectivity index (χ4v) is 2.05.